The van der Waals surface area contributed by atoms with Crippen LogP contribution in [-0.2, 0) is 0 Å². The Kier molecular flexibility index (Phi) is 3.23. The second-order valence-corrected chi connectivity index (χ2v) is 3.79. The van der Waals surface area contributed by atoms with E-state index in [0.717, 1.165) is 11.6 Å². The number of hydrogen-bond donors (Lipinski definition) is 0. The predicted molar refractivity (Wildman–Crippen MR) is 64.3 cm³/mol. The van der Waals surface area contributed by atoms with Gasteiger partial charge in [0.2, 0.25) is 0 Å². The summed E-state index contributed by atoms with van der Waals surface area (Å²) in [7, 11) is 0. The Hall–Kier alpha value is -2.43. The lowest BCUT2D eigenvalue weighted by Crippen LogP contribution is -1.92. The molecule has 0 saturated heterocycles. The Morgan fingerprint density at radius 2 is 1.83 bits per heavy atom. The molecule has 0 amide bonds. The molecule has 2 aromatic carbocycles. The molecule has 0 radical (unpaired) electrons. The van der Waals surface area contributed by atoms with E-state index in [0.29, 0.717) is 5.75 Å². The van der Waals surface area contributed by atoms with Crippen LogP contribution >= 0.6 is 0 Å². The van der Waals surface area contributed by atoms with Gasteiger partial charge in [0.1, 0.15) is 5.75 Å². The van der Waals surface area contributed by atoms with E-state index in [-0.39, 0.29) is 11.4 Å². The Morgan fingerprint density at radius 3 is 2.39 bits per heavy atom. The summed E-state index contributed by atoms with van der Waals surface area (Å²) in [5.74, 6) is -0.317. The van der Waals surface area contributed by atoms with E-state index in [1.807, 2.05) is 19.1 Å². The van der Waals surface area contributed by atoms with Gasteiger partial charge in [-0.05, 0) is 25.1 Å². The molecule has 2 rings (SSSR count). The number of benzene rings is 2. The van der Waals surface area contributed by atoms with Gasteiger partial charge in [-0.1, -0.05) is 17.7 Å². The van der Waals surface area contributed by atoms with Gasteiger partial charge in [0.15, 0.2) is 11.6 Å². The van der Waals surface area contributed by atoms with Gasteiger partial charge in [-0.2, -0.15) is 0 Å². The number of halogens is 1. The third kappa shape index (κ3) is 2.63. The van der Waals surface area contributed by atoms with Crippen molar-refractivity contribution in [2.45, 2.75) is 6.92 Å². The molecule has 2 aromatic rings. The molecule has 0 fully saturated rings. The first kappa shape index (κ1) is 12.0. The van der Waals surface area contributed by atoms with Gasteiger partial charge in [0, 0.05) is 6.07 Å². The van der Waals surface area contributed by atoms with E-state index < -0.39 is 10.7 Å². The van der Waals surface area contributed by atoms with Gasteiger partial charge in [0.05, 0.1) is 11.0 Å². The smallest absolute Gasteiger partial charge is 0.272 e. The molecular formula is C13H10FNO3. The Balaban J connectivity index is 2.24. The Labute approximate surface area is 103 Å². The molecule has 0 aliphatic heterocycles. The van der Waals surface area contributed by atoms with Crippen molar-refractivity contribution in [3.8, 4) is 11.5 Å². The van der Waals surface area contributed by atoms with Crippen LogP contribution in [0, 0.1) is 22.9 Å². The highest BCUT2D eigenvalue weighted by atomic mass is 19.1. The fourth-order valence-corrected chi connectivity index (χ4v) is 1.42. The molecule has 0 aliphatic carbocycles. The van der Waals surface area contributed by atoms with E-state index in [1.54, 1.807) is 12.1 Å². The van der Waals surface area contributed by atoms with Crippen LogP contribution in [0.4, 0.5) is 10.1 Å². The molecule has 5 heteroatoms. The fraction of sp³-hybridized carbons (Fsp3) is 0.0769. The van der Waals surface area contributed by atoms with Crippen LogP contribution < -0.4 is 4.74 Å². The van der Waals surface area contributed by atoms with Crippen molar-refractivity contribution in [1.29, 1.82) is 0 Å². The SMILES string of the molecule is Cc1ccc(Oc2ccc([N+](=O)[O-])cc2F)cc1. The maximum atomic E-state index is 13.5. The second kappa shape index (κ2) is 4.83. The van der Waals surface area contributed by atoms with Gasteiger partial charge in [-0.25, -0.2) is 4.39 Å². The number of non-ortho nitro benzene ring substituents is 1. The standard InChI is InChI=1S/C13H10FNO3/c1-9-2-5-11(6-3-9)18-13-7-4-10(15(16)17)8-12(13)14/h2-8H,1H3. The summed E-state index contributed by atoms with van der Waals surface area (Å²) in [5, 5.41) is 10.5. The topological polar surface area (TPSA) is 52.4 Å². The lowest BCUT2D eigenvalue weighted by atomic mass is 10.2. The molecule has 0 saturated carbocycles. The predicted octanol–water partition coefficient (Wildman–Crippen LogP) is 3.83. The van der Waals surface area contributed by atoms with E-state index in [1.165, 1.54) is 12.1 Å². The number of ether oxygens (including phenoxy) is 1. The summed E-state index contributed by atoms with van der Waals surface area (Å²) in [4.78, 5) is 9.80. The zero-order valence-electron chi connectivity index (χ0n) is 9.59. The van der Waals surface area contributed by atoms with Crippen LogP contribution in [-0.4, -0.2) is 4.92 Å². The lowest BCUT2D eigenvalue weighted by molar-refractivity contribution is -0.385. The molecule has 0 aromatic heterocycles. The summed E-state index contributed by atoms with van der Waals surface area (Å²) in [6.07, 6.45) is 0. The van der Waals surface area contributed by atoms with Crippen molar-refractivity contribution in [1.82, 2.24) is 0 Å². The van der Waals surface area contributed by atoms with Crippen LogP contribution in [0.2, 0.25) is 0 Å². The first-order valence-corrected chi connectivity index (χ1v) is 5.25. The first-order valence-electron chi connectivity index (χ1n) is 5.25. The summed E-state index contributed by atoms with van der Waals surface area (Å²) < 4.78 is 18.8. The average Bonchev–Trinajstić information content (AvgIpc) is 2.34. The lowest BCUT2D eigenvalue weighted by Gasteiger charge is -2.06. The number of hydrogen-bond acceptors (Lipinski definition) is 3. The minimum Gasteiger partial charge on any atom is -0.454 e. The zero-order valence-corrected chi connectivity index (χ0v) is 9.59. The molecule has 92 valence electrons. The van der Waals surface area contributed by atoms with Crippen LogP contribution in [0.1, 0.15) is 5.56 Å². The molecule has 0 heterocycles. The van der Waals surface area contributed by atoms with Crippen LogP contribution in [0.5, 0.6) is 11.5 Å². The van der Waals surface area contributed by atoms with Crippen molar-refractivity contribution < 1.29 is 14.1 Å². The van der Waals surface area contributed by atoms with E-state index in [2.05, 4.69) is 0 Å². The van der Waals surface area contributed by atoms with Crippen molar-refractivity contribution in [2.24, 2.45) is 0 Å². The van der Waals surface area contributed by atoms with E-state index >= 15 is 0 Å². The highest BCUT2D eigenvalue weighted by Crippen LogP contribution is 2.27. The normalized spacial score (nSPS) is 10.1. The number of nitro groups is 1. The Bertz CT molecular complexity index is 581. The molecule has 18 heavy (non-hydrogen) atoms. The van der Waals surface area contributed by atoms with Gasteiger partial charge in [-0.15, -0.1) is 0 Å². The molecule has 0 spiro atoms. The summed E-state index contributed by atoms with van der Waals surface area (Å²) in [6.45, 7) is 1.93. The van der Waals surface area contributed by atoms with Crippen molar-refractivity contribution in [2.75, 3.05) is 0 Å². The van der Waals surface area contributed by atoms with Gasteiger partial charge >= 0.3 is 0 Å². The maximum absolute atomic E-state index is 13.5. The summed E-state index contributed by atoms with van der Waals surface area (Å²) in [6, 6.07) is 10.4. The minimum absolute atomic E-state index is 0.0375. The number of aryl methyl sites for hydroxylation is 1. The quantitative estimate of drug-likeness (QED) is 0.611. The average molecular weight is 247 g/mol. The van der Waals surface area contributed by atoms with Crippen LogP contribution in [0.15, 0.2) is 42.5 Å². The number of rotatable bonds is 3. The molecule has 4 nitrogen and oxygen atoms in total. The van der Waals surface area contributed by atoms with E-state index in [4.69, 9.17) is 4.74 Å². The third-order valence-corrected chi connectivity index (χ3v) is 2.38. The summed E-state index contributed by atoms with van der Waals surface area (Å²) in [5.41, 5.74) is 0.760. The molecule has 0 bridgehead atoms. The van der Waals surface area contributed by atoms with Crippen LogP contribution in [0.3, 0.4) is 0 Å². The number of nitrogens with zero attached hydrogens (tertiary/aromatic N) is 1. The molecule has 0 unspecified atom stereocenters. The largest absolute Gasteiger partial charge is 0.454 e. The van der Waals surface area contributed by atoms with Gasteiger partial charge in [-0.3, -0.25) is 10.1 Å². The minimum atomic E-state index is -0.759. The van der Waals surface area contributed by atoms with Gasteiger partial charge in [0.25, 0.3) is 5.69 Å². The highest BCUT2D eigenvalue weighted by molar-refractivity contribution is 5.40. The third-order valence-electron chi connectivity index (χ3n) is 2.38. The maximum Gasteiger partial charge on any atom is 0.272 e. The summed E-state index contributed by atoms with van der Waals surface area (Å²) >= 11 is 0. The first-order chi connectivity index (χ1) is 8.56. The van der Waals surface area contributed by atoms with Crippen molar-refractivity contribution in [3.05, 3.63) is 64.0 Å². The zero-order chi connectivity index (χ0) is 13.1. The van der Waals surface area contributed by atoms with Crippen molar-refractivity contribution in [3.63, 3.8) is 0 Å². The molecule has 0 N–H and O–H groups in total. The van der Waals surface area contributed by atoms with Crippen molar-refractivity contribution >= 4 is 5.69 Å². The Morgan fingerprint density at radius 1 is 1.17 bits per heavy atom. The monoisotopic (exact) mass is 247 g/mol. The van der Waals surface area contributed by atoms with Crippen LogP contribution in [0.25, 0.3) is 0 Å². The molecular weight excluding hydrogens is 237 g/mol. The molecule has 0 atom stereocenters. The molecule has 0 aliphatic rings. The second-order valence-electron chi connectivity index (χ2n) is 3.79. The fourth-order valence-electron chi connectivity index (χ4n) is 1.42. The highest BCUT2D eigenvalue weighted by Gasteiger charge is 2.12. The number of nitro benzene ring substituents is 1. The van der Waals surface area contributed by atoms with Gasteiger partial charge < -0.3 is 4.74 Å². The van der Waals surface area contributed by atoms with E-state index in [9.17, 15) is 14.5 Å².